The Labute approximate surface area is 126 Å². The topological polar surface area (TPSA) is 34.0 Å². The molecular weight excluding hydrogens is 260 g/mol. The molecule has 1 aliphatic carbocycles. The van der Waals surface area contributed by atoms with Gasteiger partial charge in [-0.25, -0.2) is 0 Å². The van der Waals surface area contributed by atoms with Gasteiger partial charge in [-0.1, -0.05) is 31.4 Å². The Morgan fingerprint density at radius 1 is 1.10 bits per heavy atom. The summed E-state index contributed by atoms with van der Waals surface area (Å²) in [5, 5.41) is 4.40. The van der Waals surface area contributed by atoms with Crippen LogP contribution in [0, 0.1) is 5.92 Å². The molecule has 112 valence electrons. The number of hydrogen-bond acceptors (Lipinski definition) is 2. The lowest BCUT2D eigenvalue weighted by Gasteiger charge is -2.22. The Balaban J connectivity index is 1.58. The number of rotatable bonds is 5. The second-order valence-electron chi connectivity index (χ2n) is 6.10. The fraction of sp³-hybridized carbons (Fsp3) is 0.500. The molecule has 2 aromatic rings. The van der Waals surface area contributed by atoms with Gasteiger partial charge in [0.05, 0.1) is 5.52 Å². The van der Waals surface area contributed by atoms with E-state index in [4.69, 9.17) is 0 Å². The molecule has 1 heterocycles. The standard InChI is InChI=1S/C18H24N2O/c21-18-10-12-20(17-9-5-4-8-16(17)18)13-11-19-14-15-6-2-1-3-7-15/h4-5,8-10,12,15,19H,1-3,6-7,11,13-14H2. The van der Waals surface area contributed by atoms with E-state index in [0.717, 1.165) is 36.5 Å². The number of hydrogen-bond donors (Lipinski definition) is 1. The quantitative estimate of drug-likeness (QED) is 0.856. The number of aromatic nitrogens is 1. The Hall–Kier alpha value is -1.61. The van der Waals surface area contributed by atoms with Gasteiger partial charge >= 0.3 is 0 Å². The zero-order valence-electron chi connectivity index (χ0n) is 12.6. The molecule has 1 saturated carbocycles. The molecule has 0 atom stereocenters. The maximum Gasteiger partial charge on any atom is 0.189 e. The van der Waals surface area contributed by atoms with Crippen molar-refractivity contribution in [1.29, 1.82) is 0 Å². The van der Waals surface area contributed by atoms with Crippen molar-refractivity contribution in [1.82, 2.24) is 9.88 Å². The van der Waals surface area contributed by atoms with E-state index >= 15 is 0 Å². The lowest BCUT2D eigenvalue weighted by molar-refractivity contribution is 0.341. The van der Waals surface area contributed by atoms with Crippen LogP contribution in [0.3, 0.4) is 0 Å². The molecule has 0 bridgehead atoms. The smallest absolute Gasteiger partial charge is 0.189 e. The fourth-order valence-corrected chi connectivity index (χ4v) is 3.35. The minimum atomic E-state index is 0.108. The van der Waals surface area contributed by atoms with Crippen molar-refractivity contribution in [2.45, 2.75) is 38.6 Å². The first-order chi connectivity index (χ1) is 10.3. The minimum Gasteiger partial charge on any atom is -0.346 e. The van der Waals surface area contributed by atoms with E-state index in [2.05, 4.69) is 9.88 Å². The predicted octanol–water partition coefficient (Wildman–Crippen LogP) is 3.17. The van der Waals surface area contributed by atoms with Crippen molar-refractivity contribution < 1.29 is 0 Å². The van der Waals surface area contributed by atoms with Gasteiger partial charge in [-0.2, -0.15) is 0 Å². The van der Waals surface area contributed by atoms with E-state index in [1.807, 2.05) is 30.5 Å². The third-order valence-electron chi connectivity index (χ3n) is 4.57. The Morgan fingerprint density at radius 2 is 1.90 bits per heavy atom. The maximum atomic E-state index is 11.8. The highest BCUT2D eigenvalue weighted by Crippen LogP contribution is 2.22. The maximum absolute atomic E-state index is 11.8. The van der Waals surface area contributed by atoms with Crippen LogP contribution in [-0.2, 0) is 6.54 Å². The van der Waals surface area contributed by atoms with Gasteiger partial charge in [0.25, 0.3) is 0 Å². The van der Waals surface area contributed by atoms with Crippen molar-refractivity contribution >= 4 is 10.9 Å². The summed E-state index contributed by atoms with van der Waals surface area (Å²) in [6.07, 6.45) is 8.89. The summed E-state index contributed by atoms with van der Waals surface area (Å²) in [5.74, 6) is 0.865. The zero-order valence-corrected chi connectivity index (χ0v) is 12.6. The van der Waals surface area contributed by atoms with Gasteiger partial charge in [0.15, 0.2) is 5.43 Å². The lowest BCUT2D eigenvalue weighted by atomic mass is 9.89. The van der Waals surface area contributed by atoms with Gasteiger partial charge in [-0.05, 0) is 37.4 Å². The largest absolute Gasteiger partial charge is 0.346 e. The molecule has 3 heteroatoms. The van der Waals surface area contributed by atoms with Crippen molar-refractivity contribution in [3.63, 3.8) is 0 Å². The summed E-state index contributed by atoms with van der Waals surface area (Å²) in [4.78, 5) is 11.8. The van der Waals surface area contributed by atoms with Crippen molar-refractivity contribution in [3.05, 3.63) is 46.8 Å². The number of nitrogens with one attached hydrogen (secondary N) is 1. The number of fused-ring (bicyclic) bond motifs is 1. The molecule has 1 aliphatic rings. The summed E-state index contributed by atoms with van der Waals surface area (Å²) >= 11 is 0. The first kappa shape index (κ1) is 14.3. The lowest BCUT2D eigenvalue weighted by Crippen LogP contribution is -2.27. The summed E-state index contributed by atoms with van der Waals surface area (Å²) in [7, 11) is 0. The monoisotopic (exact) mass is 284 g/mol. The first-order valence-electron chi connectivity index (χ1n) is 8.13. The molecule has 1 fully saturated rings. The average Bonchev–Trinajstić information content (AvgIpc) is 2.55. The molecule has 0 unspecified atom stereocenters. The van der Waals surface area contributed by atoms with Crippen LogP contribution in [0.2, 0.25) is 0 Å². The van der Waals surface area contributed by atoms with E-state index < -0.39 is 0 Å². The Bertz CT molecular complexity index is 641. The third-order valence-corrected chi connectivity index (χ3v) is 4.57. The van der Waals surface area contributed by atoms with Crippen LogP contribution in [0.15, 0.2) is 41.3 Å². The van der Waals surface area contributed by atoms with Crippen LogP contribution in [0.1, 0.15) is 32.1 Å². The van der Waals surface area contributed by atoms with E-state index in [0.29, 0.717) is 0 Å². The van der Waals surface area contributed by atoms with Crippen LogP contribution in [0.5, 0.6) is 0 Å². The van der Waals surface area contributed by atoms with Gasteiger partial charge in [0.2, 0.25) is 0 Å². The van der Waals surface area contributed by atoms with E-state index in [1.54, 1.807) is 6.07 Å². The molecule has 3 rings (SSSR count). The highest BCUT2D eigenvalue weighted by Gasteiger charge is 2.12. The summed E-state index contributed by atoms with van der Waals surface area (Å²) in [6.45, 7) is 3.01. The van der Waals surface area contributed by atoms with Crippen LogP contribution < -0.4 is 10.7 Å². The van der Waals surface area contributed by atoms with Crippen LogP contribution >= 0.6 is 0 Å². The normalized spacial score (nSPS) is 16.4. The summed E-state index contributed by atoms with van der Waals surface area (Å²) in [5.41, 5.74) is 1.14. The van der Waals surface area contributed by atoms with Gasteiger partial charge in [-0.3, -0.25) is 4.79 Å². The second kappa shape index (κ2) is 6.90. The number of para-hydroxylation sites is 1. The zero-order chi connectivity index (χ0) is 14.5. The molecule has 0 amide bonds. The molecular formula is C18H24N2O. The molecule has 3 nitrogen and oxygen atoms in total. The number of nitrogens with zero attached hydrogens (tertiary/aromatic N) is 1. The van der Waals surface area contributed by atoms with E-state index in [-0.39, 0.29) is 5.43 Å². The predicted molar refractivity (Wildman–Crippen MR) is 87.7 cm³/mol. The second-order valence-corrected chi connectivity index (χ2v) is 6.10. The van der Waals surface area contributed by atoms with Gasteiger partial charge in [0, 0.05) is 30.7 Å². The molecule has 0 aliphatic heterocycles. The molecule has 1 aromatic heterocycles. The van der Waals surface area contributed by atoms with Gasteiger partial charge in [-0.15, -0.1) is 0 Å². The summed E-state index contributed by atoms with van der Waals surface area (Å²) < 4.78 is 2.17. The van der Waals surface area contributed by atoms with Crippen molar-refractivity contribution in [2.24, 2.45) is 5.92 Å². The average molecular weight is 284 g/mol. The first-order valence-corrected chi connectivity index (χ1v) is 8.13. The number of pyridine rings is 1. The SMILES string of the molecule is O=c1ccn(CCNCC2CCCCC2)c2ccccc12. The number of benzene rings is 1. The Kier molecular flexibility index (Phi) is 4.71. The van der Waals surface area contributed by atoms with Gasteiger partial charge < -0.3 is 9.88 Å². The van der Waals surface area contributed by atoms with Crippen LogP contribution in [-0.4, -0.2) is 17.7 Å². The van der Waals surface area contributed by atoms with Crippen molar-refractivity contribution in [2.75, 3.05) is 13.1 Å². The molecule has 21 heavy (non-hydrogen) atoms. The summed E-state index contributed by atoms with van der Waals surface area (Å²) in [6, 6.07) is 9.52. The molecule has 0 spiro atoms. The minimum absolute atomic E-state index is 0.108. The molecule has 1 N–H and O–H groups in total. The van der Waals surface area contributed by atoms with Gasteiger partial charge in [0.1, 0.15) is 0 Å². The van der Waals surface area contributed by atoms with E-state index in [1.165, 1.54) is 32.1 Å². The highest BCUT2D eigenvalue weighted by atomic mass is 16.1. The van der Waals surface area contributed by atoms with Crippen LogP contribution in [0.4, 0.5) is 0 Å². The van der Waals surface area contributed by atoms with E-state index in [9.17, 15) is 4.79 Å². The van der Waals surface area contributed by atoms with Crippen molar-refractivity contribution in [3.8, 4) is 0 Å². The molecule has 0 radical (unpaired) electrons. The Morgan fingerprint density at radius 3 is 2.76 bits per heavy atom. The highest BCUT2D eigenvalue weighted by molar-refractivity contribution is 5.78. The van der Waals surface area contributed by atoms with Crippen LogP contribution in [0.25, 0.3) is 10.9 Å². The molecule has 1 aromatic carbocycles. The fourth-order valence-electron chi connectivity index (χ4n) is 3.35. The molecule has 0 saturated heterocycles. The third kappa shape index (κ3) is 3.53.